The highest BCUT2D eigenvalue weighted by Gasteiger charge is 2.25. The SMILES string of the molecule is CC[C@H](O[C@H]1CCC[C@@H](C)O1)[C@@H](O)C=O. The normalized spacial score (nSPS) is 30.9. The minimum atomic E-state index is -1.05. The van der Waals surface area contributed by atoms with Crippen molar-refractivity contribution in [3.63, 3.8) is 0 Å². The number of hydrogen-bond donors (Lipinski definition) is 1. The quantitative estimate of drug-likeness (QED) is 0.703. The van der Waals surface area contributed by atoms with Gasteiger partial charge in [-0.05, 0) is 32.6 Å². The maximum absolute atomic E-state index is 10.4. The second-order valence-electron chi connectivity index (χ2n) is 4.02. The Hall–Kier alpha value is -0.450. The van der Waals surface area contributed by atoms with Crippen LogP contribution in [0.4, 0.5) is 0 Å². The van der Waals surface area contributed by atoms with Crippen molar-refractivity contribution < 1.29 is 19.4 Å². The molecule has 88 valence electrons. The fourth-order valence-electron chi connectivity index (χ4n) is 1.77. The molecule has 0 aromatic rings. The Bertz CT molecular complexity index is 195. The van der Waals surface area contributed by atoms with Crippen LogP contribution >= 0.6 is 0 Å². The van der Waals surface area contributed by atoms with Crippen LogP contribution in [-0.4, -0.2) is 36.0 Å². The zero-order chi connectivity index (χ0) is 11.3. The molecule has 1 heterocycles. The number of carbonyl (C=O) groups excluding carboxylic acids is 1. The number of ether oxygens (including phenoxy) is 2. The Morgan fingerprint density at radius 1 is 1.60 bits per heavy atom. The second kappa shape index (κ2) is 6.20. The fourth-order valence-corrected chi connectivity index (χ4v) is 1.77. The van der Waals surface area contributed by atoms with Gasteiger partial charge in [-0.2, -0.15) is 0 Å². The van der Waals surface area contributed by atoms with Gasteiger partial charge in [0.2, 0.25) is 0 Å². The molecule has 0 aromatic carbocycles. The lowest BCUT2D eigenvalue weighted by molar-refractivity contribution is -0.223. The molecule has 0 bridgehead atoms. The van der Waals surface area contributed by atoms with Gasteiger partial charge in [0.15, 0.2) is 12.6 Å². The van der Waals surface area contributed by atoms with E-state index >= 15 is 0 Å². The molecule has 0 unspecified atom stereocenters. The molecule has 0 amide bonds. The third kappa shape index (κ3) is 3.89. The molecule has 0 spiro atoms. The van der Waals surface area contributed by atoms with E-state index in [1.165, 1.54) is 0 Å². The molecule has 4 atom stereocenters. The van der Waals surface area contributed by atoms with Crippen LogP contribution in [0, 0.1) is 0 Å². The Morgan fingerprint density at radius 3 is 2.87 bits per heavy atom. The molecular formula is C11H20O4. The van der Waals surface area contributed by atoms with Crippen LogP contribution in [0.2, 0.25) is 0 Å². The Balaban J connectivity index is 2.40. The summed E-state index contributed by atoms with van der Waals surface area (Å²) in [6.07, 6.45) is 2.52. The number of rotatable bonds is 5. The zero-order valence-electron chi connectivity index (χ0n) is 9.39. The topological polar surface area (TPSA) is 55.8 Å². The minimum absolute atomic E-state index is 0.203. The van der Waals surface area contributed by atoms with Gasteiger partial charge < -0.3 is 19.4 Å². The van der Waals surface area contributed by atoms with Crippen molar-refractivity contribution in [2.45, 2.75) is 64.1 Å². The van der Waals surface area contributed by atoms with Gasteiger partial charge in [0.05, 0.1) is 12.2 Å². The summed E-state index contributed by atoms with van der Waals surface area (Å²) in [6.45, 7) is 3.89. The van der Waals surface area contributed by atoms with Crippen molar-refractivity contribution in [3.05, 3.63) is 0 Å². The van der Waals surface area contributed by atoms with Crippen molar-refractivity contribution in [3.8, 4) is 0 Å². The molecule has 15 heavy (non-hydrogen) atoms. The first-order valence-electron chi connectivity index (χ1n) is 5.61. The molecule has 0 aromatic heterocycles. The Labute approximate surface area is 90.6 Å². The molecule has 1 fully saturated rings. The summed E-state index contributed by atoms with van der Waals surface area (Å²) in [5, 5.41) is 9.37. The van der Waals surface area contributed by atoms with Gasteiger partial charge in [-0.3, -0.25) is 0 Å². The first-order valence-corrected chi connectivity index (χ1v) is 5.61. The van der Waals surface area contributed by atoms with Gasteiger partial charge in [0, 0.05) is 0 Å². The van der Waals surface area contributed by atoms with Gasteiger partial charge >= 0.3 is 0 Å². The fraction of sp³-hybridized carbons (Fsp3) is 0.909. The van der Waals surface area contributed by atoms with E-state index in [0.717, 1.165) is 19.3 Å². The van der Waals surface area contributed by atoms with E-state index in [0.29, 0.717) is 12.7 Å². The van der Waals surface area contributed by atoms with E-state index in [1.807, 2.05) is 13.8 Å². The van der Waals surface area contributed by atoms with Gasteiger partial charge in [-0.1, -0.05) is 6.92 Å². The summed E-state index contributed by atoms with van der Waals surface area (Å²) in [7, 11) is 0. The molecule has 4 heteroatoms. The largest absolute Gasteiger partial charge is 0.383 e. The first-order chi connectivity index (χ1) is 7.17. The summed E-state index contributed by atoms with van der Waals surface area (Å²) in [5.74, 6) is 0. The predicted molar refractivity (Wildman–Crippen MR) is 55.4 cm³/mol. The summed E-state index contributed by atoms with van der Waals surface area (Å²) in [6, 6.07) is 0. The monoisotopic (exact) mass is 216 g/mol. The highest BCUT2D eigenvalue weighted by atomic mass is 16.7. The van der Waals surface area contributed by atoms with Crippen molar-refractivity contribution in [2.24, 2.45) is 0 Å². The standard InChI is InChI=1S/C11H20O4/c1-3-10(9(13)7-12)15-11-6-4-5-8(2)14-11/h7-11,13H,3-6H2,1-2H3/t8-,9+,10+,11+/m1/s1. The van der Waals surface area contributed by atoms with E-state index in [9.17, 15) is 9.90 Å². The molecule has 0 radical (unpaired) electrons. The molecule has 1 aliphatic rings. The van der Waals surface area contributed by atoms with Gasteiger partial charge in [-0.25, -0.2) is 0 Å². The summed E-state index contributed by atoms with van der Waals surface area (Å²) in [5.41, 5.74) is 0. The minimum Gasteiger partial charge on any atom is -0.383 e. The van der Waals surface area contributed by atoms with Crippen molar-refractivity contribution in [1.29, 1.82) is 0 Å². The molecule has 1 saturated heterocycles. The molecular weight excluding hydrogens is 196 g/mol. The number of aliphatic hydroxyl groups is 1. The average Bonchev–Trinajstić information content (AvgIpc) is 2.25. The zero-order valence-corrected chi connectivity index (χ0v) is 9.39. The van der Waals surface area contributed by atoms with Crippen molar-refractivity contribution in [1.82, 2.24) is 0 Å². The lowest BCUT2D eigenvalue weighted by Gasteiger charge is -2.31. The molecule has 0 aliphatic carbocycles. The molecule has 1 rings (SSSR count). The lowest BCUT2D eigenvalue weighted by Crippen LogP contribution is -2.37. The number of carbonyl (C=O) groups is 1. The third-order valence-corrected chi connectivity index (χ3v) is 2.68. The summed E-state index contributed by atoms with van der Waals surface area (Å²) in [4.78, 5) is 10.4. The van der Waals surface area contributed by atoms with Gasteiger partial charge in [0.25, 0.3) is 0 Å². The predicted octanol–water partition coefficient (Wildman–Crippen LogP) is 1.26. The van der Waals surface area contributed by atoms with Gasteiger partial charge in [0.1, 0.15) is 6.10 Å². The Kier molecular flexibility index (Phi) is 5.22. The van der Waals surface area contributed by atoms with Crippen LogP contribution in [0.15, 0.2) is 0 Å². The maximum Gasteiger partial charge on any atom is 0.158 e. The van der Waals surface area contributed by atoms with Crippen LogP contribution < -0.4 is 0 Å². The average molecular weight is 216 g/mol. The van der Waals surface area contributed by atoms with E-state index in [1.54, 1.807) is 0 Å². The number of hydrogen-bond acceptors (Lipinski definition) is 4. The van der Waals surface area contributed by atoms with Gasteiger partial charge in [-0.15, -0.1) is 0 Å². The van der Waals surface area contributed by atoms with Crippen LogP contribution in [0.3, 0.4) is 0 Å². The summed E-state index contributed by atoms with van der Waals surface area (Å²) >= 11 is 0. The van der Waals surface area contributed by atoms with E-state index < -0.39 is 12.2 Å². The van der Waals surface area contributed by atoms with Crippen LogP contribution in [0.5, 0.6) is 0 Å². The molecule has 0 saturated carbocycles. The van der Waals surface area contributed by atoms with Crippen LogP contribution in [0.1, 0.15) is 39.5 Å². The van der Waals surface area contributed by atoms with E-state index in [4.69, 9.17) is 9.47 Å². The molecule has 1 N–H and O–H groups in total. The lowest BCUT2D eigenvalue weighted by atomic mass is 10.1. The highest BCUT2D eigenvalue weighted by molar-refractivity contribution is 5.56. The maximum atomic E-state index is 10.4. The Morgan fingerprint density at radius 2 is 2.33 bits per heavy atom. The molecule has 1 aliphatic heterocycles. The highest BCUT2D eigenvalue weighted by Crippen LogP contribution is 2.21. The van der Waals surface area contributed by atoms with Crippen molar-refractivity contribution in [2.75, 3.05) is 0 Å². The van der Waals surface area contributed by atoms with Crippen LogP contribution in [0.25, 0.3) is 0 Å². The third-order valence-electron chi connectivity index (χ3n) is 2.68. The number of aliphatic hydroxyl groups excluding tert-OH is 1. The molecule has 4 nitrogen and oxygen atoms in total. The van der Waals surface area contributed by atoms with Crippen molar-refractivity contribution >= 4 is 6.29 Å². The van der Waals surface area contributed by atoms with E-state index in [-0.39, 0.29) is 12.4 Å². The second-order valence-corrected chi connectivity index (χ2v) is 4.02. The van der Waals surface area contributed by atoms with Crippen LogP contribution in [-0.2, 0) is 14.3 Å². The summed E-state index contributed by atoms with van der Waals surface area (Å²) < 4.78 is 11.1. The number of aldehydes is 1. The van der Waals surface area contributed by atoms with E-state index in [2.05, 4.69) is 0 Å². The first kappa shape index (κ1) is 12.6. The smallest absolute Gasteiger partial charge is 0.158 e.